The number of rotatable bonds is 2. The second-order valence-electron chi connectivity index (χ2n) is 11.2. The molecule has 6 heteroatoms. The smallest absolute Gasteiger partial charge is 0.315 e. The van der Waals surface area contributed by atoms with E-state index < -0.39 is 9.84 Å². The van der Waals surface area contributed by atoms with Crippen LogP contribution in [-0.4, -0.2) is 37.0 Å². The van der Waals surface area contributed by atoms with Gasteiger partial charge >= 0.3 is 6.03 Å². The fourth-order valence-electron chi connectivity index (χ4n) is 2.08. The van der Waals surface area contributed by atoms with E-state index in [0.29, 0.717) is 0 Å². The van der Waals surface area contributed by atoms with Crippen molar-refractivity contribution in [2.24, 2.45) is 10.8 Å². The maximum atomic E-state index is 11.7. The molecule has 0 aromatic heterocycles. The summed E-state index contributed by atoms with van der Waals surface area (Å²) < 4.78 is 23.3. The molecule has 0 rings (SSSR count). The van der Waals surface area contributed by atoms with Gasteiger partial charge in [0.2, 0.25) is 0 Å². The summed E-state index contributed by atoms with van der Waals surface area (Å²) in [5.41, 5.74) is -0.612. The van der Waals surface area contributed by atoms with E-state index in [0.717, 1.165) is 0 Å². The predicted molar refractivity (Wildman–Crippen MR) is 109 cm³/mol. The Hall–Kier alpha value is -0.780. The van der Waals surface area contributed by atoms with Gasteiger partial charge in [0, 0.05) is 11.1 Å². The Kier molecular flexibility index (Phi) is 9.25. The highest BCUT2D eigenvalue weighted by atomic mass is 32.2. The number of hydrogen-bond acceptors (Lipinski definition) is 3. The van der Waals surface area contributed by atoms with Crippen LogP contribution in [0.5, 0.6) is 0 Å². The fraction of sp³-hybridized carbons (Fsp3) is 0.947. The van der Waals surface area contributed by atoms with Crippen LogP contribution < -0.4 is 10.6 Å². The Balaban J connectivity index is 0. The summed E-state index contributed by atoms with van der Waals surface area (Å²) in [6.45, 7) is 23.4. The van der Waals surface area contributed by atoms with E-state index in [4.69, 9.17) is 0 Å². The second-order valence-corrected chi connectivity index (χ2v) is 13.3. The first kappa shape index (κ1) is 26.4. The lowest BCUT2D eigenvalue weighted by Gasteiger charge is -2.26. The van der Waals surface area contributed by atoms with Crippen molar-refractivity contribution in [3.63, 3.8) is 0 Å². The van der Waals surface area contributed by atoms with Crippen molar-refractivity contribution >= 4 is 15.9 Å². The number of nitrogens with one attached hydrogen (secondary N) is 2. The van der Waals surface area contributed by atoms with E-state index in [1.54, 1.807) is 0 Å². The van der Waals surface area contributed by atoms with E-state index in [1.165, 1.54) is 0 Å². The zero-order valence-corrected chi connectivity index (χ0v) is 19.4. The van der Waals surface area contributed by atoms with Gasteiger partial charge in [-0.05, 0) is 52.4 Å². The van der Waals surface area contributed by atoms with Crippen molar-refractivity contribution in [1.29, 1.82) is 0 Å². The number of hydrogen-bond donors (Lipinski definition) is 2. The minimum Gasteiger partial charge on any atom is -0.334 e. The van der Waals surface area contributed by atoms with Gasteiger partial charge in [-0.25, -0.2) is 13.2 Å². The van der Waals surface area contributed by atoms with E-state index in [9.17, 15) is 13.2 Å². The molecule has 0 aromatic rings. The molecule has 2 amide bonds. The van der Waals surface area contributed by atoms with Crippen molar-refractivity contribution in [3.05, 3.63) is 0 Å². The van der Waals surface area contributed by atoms with Gasteiger partial charge in [0.1, 0.15) is 0 Å². The first-order chi connectivity index (χ1) is 10.5. The molecule has 0 aromatic carbocycles. The first-order valence-corrected chi connectivity index (χ1v) is 10.6. The summed E-state index contributed by atoms with van der Waals surface area (Å²) in [6.07, 6.45) is 0. The molecule has 0 aliphatic carbocycles. The molecule has 0 fully saturated rings. The van der Waals surface area contributed by atoms with Crippen molar-refractivity contribution in [2.45, 2.75) is 94.2 Å². The van der Waals surface area contributed by atoms with Crippen molar-refractivity contribution < 1.29 is 13.2 Å². The van der Waals surface area contributed by atoms with Gasteiger partial charge in [-0.15, -0.1) is 0 Å². The summed E-state index contributed by atoms with van der Waals surface area (Å²) in [7, 11) is -2.90. The van der Waals surface area contributed by atoms with E-state index in [1.807, 2.05) is 83.1 Å². The molecule has 0 unspecified atom stereocenters. The Morgan fingerprint density at radius 1 is 0.640 bits per heavy atom. The maximum Gasteiger partial charge on any atom is 0.315 e. The first-order valence-electron chi connectivity index (χ1n) is 8.82. The third kappa shape index (κ3) is 23.2. The Morgan fingerprint density at radius 2 is 0.880 bits per heavy atom. The Morgan fingerprint density at radius 3 is 1.04 bits per heavy atom. The summed E-state index contributed by atoms with van der Waals surface area (Å²) in [4.78, 5) is 11.3. The monoisotopic (exact) mass is 378 g/mol. The molecule has 0 saturated heterocycles. The fourth-order valence-corrected chi connectivity index (χ4v) is 4.82. The van der Waals surface area contributed by atoms with Crippen LogP contribution in [0.15, 0.2) is 0 Å². The minimum atomic E-state index is -2.90. The second kappa shape index (κ2) is 8.74. The quantitative estimate of drug-likeness (QED) is 0.749. The van der Waals surface area contributed by atoms with Gasteiger partial charge in [0.25, 0.3) is 0 Å². The lowest BCUT2D eigenvalue weighted by Crippen LogP contribution is -2.52. The van der Waals surface area contributed by atoms with E-state index >= 15 is 0 Å². The van der Waals surface area contributed by atoms with Crippen LogP contribution in [0.3, 0.4) is 0 Å². The molecule has 0 heterocycles. The predicted octanol–water partition coefficient (Wildman–Crippen LogP) is 4.38. The largest absolute Gasteiger partial charge is 0.334 e. The zero-order chi connectivity index (χ0) is 20.9. The minimum absolute atomic E-state index is 0.116. The van der Waals surface area contributed by atoms with Crippen LogP contribution in [0.4, 0.5) is 4.79 Å². The normalized spacial score (nSPS) is 13.6. The molecule has 5 nitrogen and oxygen atoms in total. The lowest BCUT2D eigenvalue weighted by atomic mass is 10.0. The third-order valence-electron chi connectivity index (χ3n) is 2.28. The highest BCUT2D eigenvalue weighted by Gasteiger charge is 2.26. The van der Waals surface area contributed by atoms with E-state index in [2.05, 4.69) is 10.6 Å². The molecule has 152 valence electrons. The van der Waals surface area contributed by atoms with Crippen LogP contribution in [-0.2, 0) is 9.84 Å². The summed E-state index contributed by atoms with van der Waals surface area (Å²) in [5, 5.41) is 5.65. The molecule has 2 N–H and O–H groups in total. The summed E-state index contributed by atoms with van der Waals surface area (Å²) in [5.74, 6) is 0.550. The van der Waals surface area contributed by atoms with Crippen LogP contribution in [0.25, 0.3) is 0 Å². The molecule has 0 aliphatic rings. The highest BCUT2D eigenvalue weighted by Crippen LogP contribution is 2.22. The standard InChI is InChI=1S/C10H22O2S.C9H20N2O/c1-9(2,3)7-13(11,12)8-10(4,5)6;1-8(2,3)10-7(12)11-9(4,5)6/h7-8H2,1-6H3;1-6H3,(H2,10,11,12). The number of urea groups is 1. The van der Waals surface area contributed by atoms with Gasteiger partial charge in [0.15, 0.2) is 9.84 Å². The van der Waals surface area contributed by atoms with Gasteiger partial charge < -0.3 is 10.6 Å². The molecule has 0 saturated carbocycles. The topological polar surface area (TPSA) is 75.3 Å². The van der Waals surface area contributed by atoms with Crippen LogP contribution >= 0.6 is 0 Å². The molecule has 0 spiro atoms. The molecular weight excluding hydrogens is 336 g/mol. The van der Waals surface area contributed by atoms with Gasteiger partial charge in [0.05, 0.1) is 11.5 Å². The Labute approximate surface area is 156 Å². The molecular formula is C19H42N2O3S. The third-order valence-corrected chi connectivity index (χ3v) is 4.89. The SMILES string of the molecule is CC(C)(C)CS(=O)(=O)CC(C)(C)C.CC(C)(C)NC(=O)NC(C)(C)C. The van der Waals surface area contributed by atoms with Gasteiger partial charge in [-0.3, -0.25) is 0 Å². The number of amides is 2. The van der Waals surface area contributed by atoms with E-state index in [-0.39, 0.29) is 39.4 Å². The van der Waals surface area contributed by atoms with Gasteiger partial charge in [-0.1, -0.05) is 41.5 Å². The highest BCUT2D eigenvalue weighted by molar-refractivity contribution is 7.91. The number of carbonyl (C=O) groups is 1. The maximum absolute atomic E-state index is 11.7. The number of sulfone groups is 1. The Bertz CT molecular complexity index is 471. The summed E-state index contributed by atoms with van der Waals surface area (Å²) in [6, 6.07) is -0.116. The average Bonchev–Trinajstić information content (AvgIpc) is 1.99. The number of carbonyl (C=O) groups excluding carboxylic acids is 1. The average molecular weight is 379 g/mol. The molecule has 0 aliphatic heterocycles. The zero-order valence-electron chi connectivity index (χ0n) is 18.5. The molecule has 0 atom stereocenters. The van der Waals surface area contributed by atoms with Crippen molar-refractivity contribution in [1.82, 2.24) is 10.6 Å². The molecule has 25 heavy (non-hydrogen) atoms. The van der Waals surface area contributed by atoms with Crippen LogP contribution in [0.2, 0.25) is 0 Å². The molecule has 0 radical (unpaired) electrons. The molecule has 0 bridgehead atoms. The van der Waals surface area contributed by atoms with Crippen molar-refractivity contribution in [2.75, 3.05) is 11.5 Å². The summed E-state index contributed by atoms with van der Waals surface area (Å²) >= 11 is 0. The lowest BCUT2D eigenvalue weighted by molar-refractivity contribution is 0.223. The van der Waals surface area contributed by atoms with Crippen molar-refractivity contribution in [3.8, 4) is 0 Å². The van der Waals surface area contributed by atoms with Gasteiger partial charge in [-0.2, -0.15) is 0 Å². The van der Waals surface area contributed by atoms with Crippen LogP contribution in [0, 0.1) is 10.8 Å². The van der Waals surface area contributed by atoms with Crippen LogP contribution in [0.1, 0.15) is 83.1 Å².